The zero-order valence-corrected chi connectivity index (χ0v) is 20.5. The van der Waals surface area contributed by atoms with Gasteiger partial charge in [-0.3, -0.25) is 4.79 Å². The van der Waals surface area contributed by atoms with Gasteiger partial charge in [0.15, 0.2) is 4.80 Å². The molecule has 32 heavy (non-hydrogen) atoms. The van der Waals surface area contributed by atoms with E-state index in [-0.39, 0.29) is 4.90 Å². The smallest absolute Gasteiger partial charge is 0.279 e. The molecule has 0 N–H and O–H groups in total. The van der Waals surface area contributed by atoms with E-state index in [0.717, 1.165) is 28.8 Å². The van der Waals surface area contributed by atoms with Crippen LogP contribution in [0.3, 0.4) is 0 Å². The first-order chi connectivity index (χ1) is 15.3. The Balaban J connectivity index is 1.93. The van der Waals surface area contributed by atoms with Crippen LogP contribution < -0.4 is 9.54 Å². The van der Waals surface area contributed by atoms with E-state index in [2.05, 4.69) is 4.99 Å². The fourth-order valence-corrected chi connectivity index (χ4v) is 6.24. The fraction of sp³-hybridized carbons (Fsp3) is 0.391. The van der Waals surface area contributed by atoms with Gasteiger partial charge in [-0.25, -0.2) is 8.42 Å². The predicted octanol–water partition coefficient (Wildman–Crippen LogP) is 4.28. The molecule has 3 aromatic rings. The van der Waals surface area contributed by atoms with Crippen molar-refractivity contribution < 1.29 is 17.9 Å². The Kier molecular flexibility index (Phi) is 7.86. The van der Waals surface area contributed by atoms with E-state index in [0.29, 0.717) is 30.0 Å². The van der Waals surface area contributed by atoms with Gasteiger partial charge in [-0.1, -0.05) is 25.2 Å². The average molecular weight is 476 g/mol. The number of aryl methyl sites for hydroxylation is 1. The van der Waals surface area contributed by atoms with Crippen LogP contribution in [0.15, 0.2) is 52.4 Å². The van der Waals surface area contributed by atoms with Crippen LogP contribution in [0.4, 0.5) is 0 Å². The highest BCUT2D eigenvalue weighted by atomic mass is 32.2. The first-order valence-corrected chi connectivity index (χ1v) is 13.0. The zero-order chi connectivity index (χ0) is 23.3. The number of rotatable bonds is 9. The quantitative estimate of drug-likeness (QED) is 0.463. The van der Waals surface area contributed by atoms with E-state index < -0.39 is 15.9 Å². The maximum absolute atomic E-state index is 12.9. The second-order valence-electron chi connectivity index (χ2n) is 7.31. The minimum atomic E-state index is -3.58. The molecule has 172 valence electrons. The first kappa shape index (κ1) is 24.2. The lowest BCUT2D eigenvalue weighted by Gasteiger charge is -2.21. The molecule has 0 aliphatic carbocycles. The molecule has 0 saturated heterocycles. The topological polar surface area (TPSA) is 81.0 Å². The molecule has 0 fully saturated rings. The summed E-state index contributed by atoms with van der Waals surface area (Å²) in [5.74, 6) is 0.338. The molecule has 9 heteroatoms. The molecule has 7 nitrogen and oxygen atoms in total. The second kappa shape index (κ2) is 10.4. The first-order valence-electron chi connectivity index (χ1n) is 10.7. The van der Waals surface area contributed by atoms with Gasteiger partial charge in [0, 0.05) is 25.2 Å². The Morgan fingerprint density at radius 3 is 2.28 bits per heavy atom. The van der Waals surface area contributed by atoms with Crippen molar-refractivity contribution in [3.8, 4) is 5.75 Å². The second-order valence-corrected chi connectivity index (χ2v) is 10.3. The number of methoxy groups -OCH3 is 1. The predicted molar refractivity (Wildman–Crippen MR) is 128 cm³/mol. The minimum Gasteiger partial charge on any atom is -0.497 e. The molecule has 0 radical (unpaired) electrons. The van der Waals surface area contributed by atoms with Crippen molar-refractivity contribution in [2.45, 2.75) is 45.1 Å². The molecule has 0 saturated carbocycles. The van der Waals surface area contributed by atoms with Crippen molar-refractivity contribution in [2.75, 3.05) is 20.2 Å². The van der Waals surface area contributed by atoms with Crippen molar-refractivity contribution in [3.05, 3.63) is 52.8 Å². The van der Waals surface area contributed by atoms with Gasteiger partial charge in [0.25, 0.3) is 5.91 Å². The largest absolute Gasteiger partial charge is 0.497 e. The summed E-state index contributed by atoms with van der Waals surface area (Å²) in [6, 6.07) is 11.8. The summed E-state index contributed by atoms with van der Waals surface area (Å²) in [5.41, 5.74) is 1.33. The van der Waals surface area contributed by atoms with Gasteiger partial charge < -0.3 is 9.30 Å². The number of nitrogens with zero attached hydrogens (tertiary/aromatic N) is 3. The van der Waals surface area contributed by atoms with Crippen LogP contribution in [0, 0.1) is 0 Å². The Bertz CT molecular complexity index is 1250. The van der Waals surface area contributed by atoms with E-state index in [9.17, 15) is 13.2 Å². The number of hydrogen-bond donors (Lipinski definition) is 0. The molecule has 2 aromatic carbocycles. The lowest BCUT2D eigenvalue weighted by atomic mass is 10.2. The summed E-state index contributed by atoms with van der Waals surface area (Å²) in [6.07, 6.45) is 1.49. The summed E-state index contributed by atoms with van der Waals surface area (Å²) < 4.78 is 35.6. The number of carbonyl (C=O) groups is 1. The maximum atomic E-state index is 12.9. The van der Waals surface area contributed by atoms with Gasteiger partial charge >= 0.3 is 0 Å². The number of hydrogen-bond acceptors (Lipinski definition) is 5. The summed E-state index contributed by atoms with van der Waals surface area (Å²) >= 11 is 1.42. The van der Waals surface area contributed by atoms with Crippen LogP contribution in [-0.2, 0) is 16.6 Å². The third-order valence-electron chi connectivity index (χ3n) is 5.09. The lowest BCUT2D eigenvalue weighted by molar-refractivity contribution is 0.0997. The SMILES string of the molecule is CCCN(CCC)S(=O)(=O)c1ccc(C(=O)N=c2sc3cc(OC)ccc3n2CC)cc1. The van der Waals surface area contributed by atoms with E-state index in [1.165, 1.54) is 39.9 Å². The van der Waals surface area contributed by atoms with Crippen molar-refractivity contribution >= 4 is 37.5 Å². The molecule has 1 aromatic heterocycles. The van der Waals surface area contributed by atoms with E-state index in [4.69, 9.17) is 4.74 Å². The molecular weight excluding hydrogens is 446 g/mol. The Morgan fingerprint density at radius 2 is 1.72 bits per heavy atom. The van der Waals surface area contributed by atoms with Gasteiger partial charge in [0.2, 0.25) is 10.0 Å². The van der Waals surface area contributed by atoms with Gasteiger partial charge in [0.05, 0.1) is 22.2 Å². The number of carbonyl (C=O) groups excluding carboxylic acids is 1. The number of thiazole rings is 1. The van der Waals surface area contributed by atoms with Crippen molar-refractivity contribution in [3.63, 3.8) is 0 Å². The molecule has 0 spiro atoms. The molecule has 0 unspecified atom stereocenters. The van der Waals surface area contributed by atoms with Crippen molar-refractivity contribution in [1.82, 2.24) is 8.87 Å². The van der Waals surface area contributed by atoms with Crippen molar-refractivity contribution in [2.24, 2.45) is 4.99 Å². The van der Waals surface area contributed by atoms with Crippen LogP contribution in [-0.4, -0.2) is 43.4 Å². The minimum absolute atomic E-state index is 0.188. The molecule has 0 bridgehead atoms. The Morgan fingerprint density at radius 1 is 1.06 bits per heavy atom. The third-order valence-corrected chi connectivity index (χ3v) is 8.04. The number of sulfonamides is 1. The normalized spacial score (nSPS) is 12.6. The zero-order valence-electron chi connectivity index (χ0n) is 18.9. The van der Waals surface area contributed by atoms with Crippen molar-refractivity contribution in [1.29, 1.82) is 0 Å². The fourth-order valence-electron chi connectivity index (χ4n) is 3.49. The van der Waals surface area contributed by atoms with Crippen LogP contribution in [0.2, 0.25) is 0 Å². The van der Waals surface area contributed by atoms with Gasteiger partial charge in [0.1, 0.15) is 5.75 Å². The molecule has 0 atom stereocenters. The summed E-state index contributed by atoms with van der Waals surface area (Å²) in [4.78, 5) is 17.9. The Labute approximate surface area is 193 Å². The van der Waals surface area contributed by atoms with E-state index in [1.807, 2.05) is 43.5 Å². The lowest BCUT2D eigenvalue weighted by Crippen LogP contribution is -2.32. The summed E-state index contributed by atoms with van der Waals surface area (Å²) in [7, 11) is -1.97. The van der Waals surface area contributed by atoms with E-state index >= 15 is 0 Å². The number of benzene rings is 2. The maximum Gasteiger partial charge on any atom is 0.279 e. The molecule has 0 aliphatic heterocycles. The standard InChI is InChI=1S/C23H29N3O4S2/c1-5-14-25(15-6-2)32(28,29)19-11-8-17(9-12-19)22(27)24-23-26(7-3)20-13-10-18(30-4)16-21(20)31-23/h8-13,16H,5-7,14-15H2,1-4H3. The van der Waals surface area contributed by atoms with Crippen LogP contribution in [0.5, 0.6) is 5.75 Å². The van der Waals surface area contributed by atoms with Gasteiger partial charge in [-0.05, 0) is 62.2 Å². The monoisotopic (exact) mass is 475 g/mol. The average Bonchev–Trinajstić information content (AvgIpc) is 3.14. The Hall–Kier alpha value is -2.49. The number of fused-ring (bicyclic) bond motifs is 1. The van der Waals surface area contributed by atoms with Crippen LogP contribution >= 0.6 is 11.3 Å². The molecule has 0 aliphatic rings. The number of amides is 1. The number of aromatic nitrogens is 1. The highest BCUT2D eigenvalue weighted by Crippen LogP contribution is 2.23. The summed E-state index contributed by atoms with van der Waals surface area (Å²) in [6.45, 7) is 7.51. The number of ether oxygens (including phenoxy) is 1. The molecular formula is C23H29N3O4S2. The molecule has 1 amide bonds. The van der Waals surface area contributed by atoms with Crippen LogP contribution in [0.25, 0.3) is 10.2 Å². The summed E-state index contributed by atoms with van der Waals surface area (Å²) in [5, 5.41) is 0. The highest BCUT2D eigenvalue weighted by molar-refractivity contribution is 7.89. The van der Waals surface area contributed by atoms with Gasteiger partial charge in [-0.15, -0.1) is 0 Å². The van der Waals surface area contributed by atoms with Gasteiger partial charge in [-0.2, -0.15) is 9.30 Å². The molecule has 3 rings (SSSR count). The van der Waals surface area contributed by atoms with E-state index in [1.54, 1.807) is 7.11 Å². The highest BCUT2D eigenvalue weighted by Gasteiger charge is 2.23. The molecule has 1 heterocycles. The van der Waals surface area contributed by atoms with Crippen LogP contribution in [0.1, 0.15) is 44.0 Å². The third kappa shape index (κ3) is 4.95.